The summed E-state index contributed by atoms with van der Waals surface area (Å²) in [6.07, 6.45) is 0.840. The monoisotopic (exact) mass is 394 g/mol. The highest BCUT2D eigenvalue weighted by Crippen LogP contribution is 2.24. The van der Waals surface area contributed by atoms with Gasteiger partial charge in [-0.3, -0.25) is 9.59 Å². The van der Waals surface area contributed by atoms with E-state index in [0.29, 0.717) is 12.4 Å². The van der Waals surface area contributed by atoms with Crippen molar-refractivity contribution < 1.29 is 9.59 Å². The second kappa shape index (κ2) is 8.53. The van der Waals surface area contributed by atoms with Crippen LogP contribution in [-0.4, -0.2) is 44.6 Å². The van der Waals surface area contributed by atoms with E-state index in [4.69, 9.17) is 0 Å². The molecule has 0 spiro atoms. The molecule has 2 amide bonds. The van der Waals surface area contributed by atoms with Crippen LogP contribution in [0.15, 0.2) is 28.7 Å². The van der Waals surface area contributed by atoms with Gasteiger partial charge in [0.15, 0.2) is 0 Å². The van der Waals surface area contributed by atoms with Crippen molar-refractivity contribution in [2.75, 3.05) is 6.54 Å². The fraction of sp³-hybridized carbons (Fsp3) is 0.400. The first-order valence-corrected chi connectivity index (χ1v) is 8.40. The summed E-state index contributed by atoms with van der Waals surface area (Å²) in [4.78, 5) is 24.9. The van der Waals surface area contributed by atoms with Gasteiger partial charge in [0.25, 0.3) is 0 Å². The highest BCUT2D eigenvalue weighted by atomic mass is 79.9. The summed E-state index contributed by atoms with van der Waals surface area (Å²) in [5.41, 5.74) is 0.788. The van der Waals surface area contributed by atoms with E-state index in [-0.39, 0.29) is 18.4 Å². The molecule has 1 atom stereocenters. The lowest BCUT2D eigenvalue weighted by atomic mass is 10.2. The zero-order chi connectivity index (χ0) is 17.5. The standard InChI is InChI=1S/C15H19BrN6O2/c1-3-8-17-15(24)10(2)18-13(23)9-22-20-14(19-21-22)11-6-4-5-7-12(11)16/h4-7,10H,3,8-9H2,1-2H3,(H,17,24)(H,18,23)/t10-/m1/s1. The summed E-state index contributed by atoms with van der Waals surface area (Å²) in [5, 5.41) is 17.3. The molecule has 1 aromatic heterocycles. The third kappa shape index (κ3) is 4.85. The first-order valence-electron chi connectivity index (χ1n) is 7.61. The van der Waals surface area contributed by atoms with Gasteiger partial charge in [0.1, 0.15) is 12.6 Å². The summed E-state index contributed by atoms with van der Waals surface area (Å²) < 4.78 is 0.843. The van der Waals surface area contributed by atoms with Crippen LogP contribution in [0.1, 0.15) is 20.3 Å². The normalized spacial score (nSPS) is 11.8. The van der Waals surface area contributed by atoms with Gasteiger partial charge < -0.3 is 10.6 Å². The average molecular weight is 395 g/mol. The number of hydrogen-bond acceptors (Lipinski definition) is 5. The number of halogens is 1. The number of nitrogens with zero attached hydrogens (tertiary/aromatic N) is 4. The highest BCUT2D eigenvalue weighted by Gasteiger charge is 2.16. The minimum atomic E-state index is -0.615. The van der Waals surface area contributed by atoms with Gasteiger partial charge in [-0.25, -0.2) is 0 Å². The van der Waals surface area contributed by atoms with Crippen molar-refractivity contribution >= 4 is 27.7 Å². The molecule has 0 unspecified atom stereocenters. The summed E-state index contributed by atoms with van der Waals surface area (Å²) >= 11 is 3.42. The zero-order valence-electron chi connectivity index (χ0n) is 13.5. The highest BCUT2D eigenvalue weighted by molar-refractivity contribution is 9.10. The van der Waals surface area contributed by atoms with Crippen LogP contribution in [0.25, 0.3) is 11.4 Å². The summed E-state index contributed by atoms with van der Waals surface area (Å²) in [5.74, 6) is -0.153. The van der Waals surface area contributed by atoms with Crippen LogP contribution >= 0.6 is 15.9 Å². The Kier molecular flexibility index (Phi) is 6.42. The lowest BCUT2D eigenvalue weighted by Gasteiger charge is -2.13. The number of amides is 2. The number of nitrogens with one attached hydrogen (secondary N) is 2. The quantitative estimate of drug-likeness (QED) is 0.732. The van der Waals surface area contributed by atoms with Gasteiger partial charge in [-0.15, -0.1) is 10.2 Å². The van der Waals surface area contributed by atoms with Gasteiger partial charge >= 0.3 is 0 Å². The van der Waals surface area contributed by atoms with Crippen molar-refractivity contribution in [1.82, 2.24) is 30.8 Å². The fourth-order valence-corrected chi connectivity index (χ4v) is 2.41. The van der Waals surface area contributed by atoms with Crippen LogP contribution in [0.4, 0.5) is 0 Å². The molecule has 0 saturated heterocycles. The molecule has 0 bridgehead atoms. The van der Waals surface area contributed by atoms with Crippen LogP contribution in [0.2, 0.25) is 0 Å². The Balaban J connectivity index is 1.93. The lowest BCUT2D eigenvalue weighted by Crippen LogP contribution is -2.46. The van der Waals surface area contributed by atoms with E-state index in [1.54, 1.807) is 6.92 Å². The maximum absolute atomic E-state index is 12.0. The van der Waals surface area contributed by atoms with E-state index < -0.39 is 6.04 Å². The predicted octanol–water partition coefficient (Wildman–Crippen LogP) is 1.13. The molecule has 0 fully saturated rings. The van der Waals surface area contributed by atoms with E-state index in [9.17, 15) is 9.59 Å². The Hall–Kier alpha value is -2.29. The van der Waals surface area contributed by atoms with Crippen LogP contribution in [0.3, 0.4) is 0 Å². The first-order chi connectivity index (χ1) is 11.5. The third-order valence-electron chi connectivity index (χ3n) is 3.17. The molecule has 0 aliphatic rings. The maximum atomic E-state index is 12.0. The molecular formula is C15H19BrN6O2. The minimum absolute atomic E-state index is 0.108. The van der Waals surface area contributed by atoms with Crippen LogP contribution < -0.4 is 10.6 Å². The minimum Gasteiger partial charge on any atom is -0.354 e. The molecule has 9 heteroatoms. The van der Waals surface area contributed by atoms with E-state index >= 15 is 0 Å². The molecule has 1 aromatic carbocycles. The Bertz CT molecular complexity index is 717. The van der Waals surface area contributed by atoms with E-state index in [0.717, 1.165) is 16.5 Å². The van der Waals surface area contributed by atoms with Crippen molar-refractivity contribution in [2.24, 2.45) is 0 Å². The predicted molar refractivity (Wildman–Crippen MR) is 91.9 cm³/mol. The Morgan fingerprint density at radius 1 is 1.33 bits per heavy atom. The molecule has 0 aliphatic heterocycles. The molecule has 0 aliphatic carbocycles. The van der Waals surface area contributed by atoms with Crippen LogP contribution in [-0.2, 0) is 16.1 Å². The smallest absolute Gasteiger partial charge is 0.244 e. The fourth-order valence-electron chi connectivity index (χ4n) is 1.94. The largest absolute Gasteiger partial charge is 0.354 e. The van der Waals surface area contributed by atoms with Gasteiger partial charge in [-0.05, 0) is 30.7 Å². The van der Waals surface area contributed by atoms with Crippen molar-refractivity contribution in [3.63, 3.8) is 0 Å². The topological polar surface area (TPSA) is 102 Å². The molecule has 0 saturated carbocycles. The number of aromatic nitrogens is 4. The SMILES string of the molecule is CCCNC(=O)[C@@H](C)NC(=O)Cn1nnc(-c2ccccc2Br)n1. The zero-order valence-corrected chi connectivity index (χ0v) is 15.1. The third-order valence-corrected chi connectivity index (χ3v) is 3.86. The van der Waals surface area contributed by atoms with E-state index in [1.165, 1.54) is 4.80 Å². The summed E-state index contributed by atoms with van der Waals surface area (Å²) in [6, 6.07) is 6.86. The van der Waals surface area contributed by atoms with Crippen LogP contribution in [0.5, 0.6) is 0 Å². The molecular weight excluding hydrogens is 376 g/mol. The van der Waals surface area contributed by atoms with Gasteiger partial charge in [-0.1, -0.05) is 35.0 Å². The summed E-state index contributed by atoms with van der Waals surface area (Å²) in [7, 11) is 0. The number of carbonyl (C=O) groups excluding carboxylic acids is 2. The molecule has 8 nitrogen and oxygen atoms in total. The number of benzene rings is 1. The lowest BCUT2D eigenvalue weighted by molar-refractivity contribution is -0.129. The molecule has 128 valence electrons. The van der Waals surface area contributed by atoms with E-state index in [2.05, 4.69) is 42.0 Å². The Labute approximate surface area is 148 Å². The van der Waals surface area contributed by atoms with Crippen molar-refractivity contribution in [3.8, 4) is 11.4 Å². The maximum Gasteiger partial charge on any atom is 0.244 e. The Morgan fingerprint density at radius 2 is 2.08 bits per heavy atom. The molecule has 1 heterocycles. The second-order valence-electron chi connectivity index (χ2n) is 5.20. The van der Waals surface area contributed by atoms with Gasteiger partial charge in [0.2, 0.25) is 17.6 Å². The molecule has 2 aromatic rings. The molecule has 0 radical (unpaired) electrons. The average Bonchev–Trinajstić information content (AvgIpc) is 3.00. The van der Waals surface area contributed by atoms with Crippen molar-refractivity contribution in [1.29, 1.82) is 0 Å². The van der Waals surface area contributed by atoms with E-state index in [1.807, 2.05) is 31.2 Å². The Morgan fingerprint density at radius 3 is 2.79 bits per heavy atom. The van der Waals surface area contributed by atoms with Gasteiger partial charge in [0.05, 0.1) is 0 Å². The first kappa shape index (κ1) is 18.1. The number of carbonyl (C=O) groups is 2. The second-order valence-corrected chi connectivity index (χ2v) is 6.06. The molecule has 24 heavy (non-hydrogen) atoms. The molecule has 2 rings (SSSR count). The van der Waals surface area contributed by atoms with Crippen molar-refractivity contribution in [2.45, 2.75) is 32.9 Å². The van der Waals surface area contributed by atoms with Gasteiger partial charge in [0, 0.05) is 16.6 Å². The van der Waals surface area contributed by atoms with Gasteiger partial charge in [-0.2, -0.15) is 4.80 Å². The molecule has 2 N–H and O–H groups in total. The number of rotatable bonds is 7. The number of tetrazole rings is 1. The van der Waals surface area contributed by atoms with Crippen molar-refractivity contribution in [3.05, 3.63) is 28.7 Å². The summed E-state index contributed by atoms with van der Waals surface area (Å²) in [6.45, 7) is 4.06. The van der Waals surface area contributed by atoms with Crippen LogP contribution in [0, 0.1) is 0 Å². The number of hydrogen-bond donors (Lipinski definition) is 2.